The normalized spacial score (nSPS) is 10.6. The molecule has 0 aromatic heterocycles. The van der Waals surface area contributed by atoms with E-state index in [1.807, 2.05) is 0 Å². The third-order valence-corrected chi connectivity index (χ3v) is 2.07. The second-order valence-electron chi connectivity index (χ2n) is 2.39. The van der Waals surface area contributed by atoms with Crippen LogP contribution in [-0.2, 0) is 4.79 Å². The van der Waals surface area contributed by atoms with Gasteiger partial charge in [0.05, 0.1) is 10.0 Å². The third-order valence-electron chi connectivity index (χ3n) is 1.44. The predicted octanol–water partition coefficient (Wildman–Crippen LogP) is 2.79. The van der Waals surface area contributed by atoms with Crippen LogP contribution in [0.2, 0.25) is 10.0 Å². The van der Waals surface area contributed by atoms with Crippen LogP contribution in [0, 0.1) is 0 Å². The van der Waals surface area contributed by atoms with Crippen molar-refractivity contribution in [2.45, 2.75) is 0 Å². The summed E-state index contributed by atoms with van der Waals surface area (Å²) in [5.74, 6) is 0. The molecule has 1 rings (SSSR count). The Balaban J connectivity index is 3.20. The number of allylic oxidation sites excluding steroid dienone is 1. The van der Waals surface area contributed by atoms with Gasteiger partial charge in [0, 0.05) is 11.3 Å². The second-order valence-corrected chi connectivity index (χ2v) is 3.21. The zero-order valence-electron chi connectivity index (χ0n) is 6.63. The van der Waals surface area contributed by atoms with Crippen LogP contribution in [0.3, 0.4) is 0 Å². The van der Waals surface area contributed by atoms with Gasteiger partial charge in [-0.3, -0.25) is 4.79 Å². The van der Waals surface area contributed by atoms with E-state index in [1.165, 1.54) is 12.2 Å². The van der Waals surface area contributed by atoms with E-state index in [0.717, 1.165) is 0 Å². The number of benzene rings is 1. The van der Waals surface area contributed by atoms with Crippen LogP contribution in [0.15, 0.2) is 18.2 Å². The summed E-state index contributed by atoms with van der Waals surface area (Å²) in [5.41, 5.74) is 6.59. The van der Waals surface area contributed by atoms with E-state index in [9.17, 15) is 4.79 Å². The van der Waals surface area contributed by atoms with Crippen LogP contribution in [0.25, 0.3) is 6.08 Å². The Labute approximate surface area is 85.9 Å². The van der Waals surface area contributed by atoms with Crippen LogP contribution >= 0.6 is 23.2 Å². The van der Waals surface area contributed by atoms with Crippen molar-refractivity contribution in [3.63, 3.8) is 0 Å². The fourth-order valence-corrected chi connectivity index (χ4v) is 1.53. The van der Waals surface area contributed by atoms with Gasteiger partial charge in [0.1, 0.15) is 6.29 Å². The summed E-state index contributed by atoms with van der Waals surface area (Å²) in [6, 6.07) is 3.16. The maximum Gasteiger partial charge on any atom is 0.142 e. The minimum atomic E-state index is 0.433. The van der Waals surface area contributed by atoms with Crippen LogP contribution < -0.4 is 5.73 Å². The Morgan fingerprint density at radius 2 is 1.77 bits per heavy atom. The van der Waals surface area contributed by atoms with Crippen molar-refractivity contribution >= 4 is 41.3 Å². The number of rotatable bonds is 2. The molecule has 1 aromatic rings. The van der Waals surface area contributed by atoms with Crippen molar-refractivity contribution in [1.29, 1.82) is 0 Å². The number of carbonyl (C=O) groups excluding carboxylic acids is 1. The first kappa shape index (κ1) is 10.1. The Hall–Kier alpha value is -0.990. The van der Waals surface area contributed by atoms with Crippen molar-refractivity contribution in [3.05, 3.63) is 33.8 Å². The Morgan fingerprint density at radius 3 is 2.23 bits per heavy atom. The number of carbonyl (C=O) groups is 1. The molecular formula is C9H7Cl2NO. The minimum Gasteiger partial charge on any atom is -0.399 e. The zero-order valence-corrected chi connectivity index (χ0v) is 8.14. The molecule has 4 heteroatoms. The molecule has 0 atom stereocenters. The first-order valence-corrected chi connectivity index (χ1v) is 4.27. The number of anilines is 1. The summed E-state index contributed by atoms with van der Waals surface area (Å²) in [4.78, 5) is 10.1. The molecule has 0 aliphatic rings. The van der Waals surface area contributed by atoms with Crippen molar-refractivity contribution in [2.24, 2.45) is 0 Å². The highest BCUT2D eigenvalue weighted by molar-refractivity contribution is 6.37. The lowest BCUT2D eigenvalue weighted by atomic mass is 10.2. The summed E-state index contributed by atoms with van der Waals surface area (Å²) in [5, 5.41) is 0.867. The van der Waals surface area contributed by atoms with Gasteiger partial charge in [-0.25, -0.2) is 0 Å². The van der Waals surface area contributed by atoms with Crippen molar-refractivity contribution < 1.29 is 4.79 Å². The Bertz CT molecular complexity index is 338. The van der Waals surface area contributed by atoms with E-state index in [4.69, 9.17) is 28.9 Å². The van der Waals surface area contributed by atoms with E-state index in [0.29, 0.717) is 27.6 Å². The largest absolute Gasteiger partial charge is 0.399 e. The molecule has 0 unspecified atom stereocenters. The third kappa shape index (κ3) is 2.47. The molecule has 68 valence electrons. The lowest BCUT2D eigenvalue weighted by molar-refractivity contribution is -0.104. The number of halogens is 2. The van der Waals surface area contributed by atoms with E-state index in [-0.39, 0.29) is 0 Å². The quantitative estimate of drug-likeness (QED) is 0.469. The highest BCUT2D eigenvalue weighted by Gasteiger charge is 2.03. The molecule has 1 aromatic carbocycles. The lowest BCUT2D eigenvalue weighted by Crippen LogP contribution is -1.86. The van der Waals surface area contributed by atoms with E-state index >= 15 is 0 Å². The first-order valence-electron chi connectivity index (χ1n) is 3.51. The minimum absolute atomic E-state index is 0.433. The lowest BCUT2D eigenvalue weighted by Gasteiger charge is -2.02. The summed E-state index contributed by atoms with van der Waals surface area (Å²) < 4.78 is 0. The monoisotopic (exact) mass is 215 g/mol. The van der Waals surface area contributed by atoms with Crippen molar-refractivity contribution in [2.75, 3.05) is 5.73 Å². The van der Waals surface area contributed by atoms with Gasteiger partial charge in [0.15, 0.2) is 0 Å². The molecule has 0 bridgehead atoms. The molecule has 0 saturated carbocycles. The highest BCUT2D eigenvalue weighted by atomic mass is 35.5. The van der Waals surface area contributed by atoms with Gasteiger partial charge in [0.25, 0.3) is 0 Å². The number of nitrogen functional groups attached to an aromatic ring is 1. The van der Waals surface area contributed by atoms with Gasteiger partial charge >= 0.3 is 0 Å². The van der Waals surface area contributed by atoms with Crippen LogP contribution in [0.1, 0.15) is 5.56 Å². The maximum atomic E-state index is 10.1. The second kappa shape index (κ2) is 4.30. The summed E-state index contributed by atoms with van der Waals surface area (Å²) >= 11 is 11.7. The molecule has 0 saturated heterocycles. The van der Waals surface area contributed by atoms with E-state index < -0.39 is 0 Å². The molecule has 0 amide bonds. The van der Waals surface area contributed by atoms with Crippen LogP contribution in [0.5, 0.6) is 0 Å². The highest BCUT2D eigenvalue weighted by Crippen LogP contribution is 2.28. The number of hydrogen-bond acceptors (Lipinski definition) is 2. The topological polar surface area (TPSA) is 43.1 Å². The SMILES string of the molecule is Nc1cc(Cl)c(C=CC=O)c(Cl)c1. The molecule has 2 N–H and O–H groups in total. The summed E-state index contributed by atoms with van der Waals surface area (Å²) in [6.07, 6.45) is 3.52. The van der Waals surface area contributed by atoms with Crippen LogP contribution in [0.4, 0.5) is 5.69 Å². The van der Waals surface area contributed by atoms with Crippen LogP contribution in [-0.4, -0.2) is 6.29 Å². The molecule has 13 heavy (non-hydrogen) atoms. The number of aldehydes is 1. The van der Waals surface area contributed by atoms with Gasteiger partial charge < -0.3 is 5.73 Å². The molecular weight excluding hydrogens is 209 g/mol. The molecule has 0 fully saturated rings. The van der Waals surface area contributed by atoms with Crippen molar-refractivity contribution in [3.8, 4) is 0 Å². The summed E-state index contributed by atoms with van der Waals surface area (Å²) in [6.45, 7) is 0. The first-order chi connectivity index (χ1) is 6.15. The van der Waals surface area contributed by atoms with Gasteiger partial charge in [-0.2, -0.15) is 0 Å². The van der Waals surface area contributed by atoms with Gasteiger partial charge in [-0.15, -0.1) is 0 Å². The van der Waals surface area contributed by atoms with Gasteiger partial charge in [0.2, 0.25) is 0 Å². The molecule has 0 aliphatic carbocycles. The van der Waals surface area contributed by atoms with Gasteiger partial charge in [-0.05, 0) is 24.3 Å². The summed E-state index contributed by atoms with van der Waals surface area (Å²) in [7, 11) is 0. The van der Waals surface area contributed by atoms with Crippen molar-refractivity contribution in [1.82, 2.24) is 0 Å². The average Bonchev–Trinajstić information content (AvgIpc) is 2.02. The Morgan fingerprint density at radius 1 is 1.23 bits per heavy atom. The molecule has 0 spiro atoms. The maximum absolute atomic E-state index is 10.1. The number of hydrogen-bond donors (Lipinski definition) is 1. The average molecular weight is 216 g/mol. The molecule has 0 heterocycles. The standard InChI is InChI=1S/C9H7Cl2NO/c10-8-4-6(12)5-9(11)7(8)2-1-3-13/h1-5H,12H2. The van der Waals surface area contributed by atoms with E-state index in [2.05, 4.69) is 0 Å². The smallest absolute Gasteiger partial charge is 0.142 e. The van der Waals surface area contributed by atoms with Gasteiger partial charge in [-0.1, -0.05) is 23.2 Å². The van der Waals surface area contributed by atoms with E-state index in [1.54, 1.807) is 12.1 Å². The molecule has 0 radical (unpaired) electrons. The molecule has 0 aliphatic heterocycles. The predicted molar refractivity (Wildman–Crippen MR) is 56.0 cm³/mol. The fourth-order valence-electron chi connectivity index (χ4n) is 0.899. The number of nitrogens with two attached hydrogens (primary N) is 1. The Kier molecular flexibility index (Phi) is 3.34. The molecule has 2 nitrogen and oxygen atoms in total. The fraction of sp³-hybridized carbons (Fsp3) is 0. The zero-order chi connectivity index (χ0) is 9.84.